The van der Waals surface area contributed by atoms with Crippen LogP contribution in [0.5, 0.6) is 0 Å². The minimum atomic E-state index is -0.593. The van der Waals surface area contributed by atoms with Crippen LogP contribution in [0.25, 0.3) is 0 Å². The number of amides is 2. The molecule has 108 valence electrons. The molecule has 0 saturated carbocycles. The van der Waals surface area contributed by atoms with Crippen LogP contribution in [-0.4, -0.2) is 48.4 Å². The molecule has 6 nitrogen and oxygen atoms in total. The Kier molecular flexibility index (Phi) is 5.32. The highest BCUT2D eigenvalue weighted by atomic mass is 16.6. The Hall–Kier alpha value is -1.59. The van der Waals surface area contributed by atoms with Gasteiger partial charge in [-0.3, -0.25) is 4.79 Å². The first-order chi connectivity index (χ1) is 8.81. The molecule has 1 atom stereocenters. The SMILES string of the molecule is CC(C)(C)OC(=O)NCC(=O)N1CCC(CC=O)C1. The van der Waals surface area contributed by atoms with E-state index in [2.05, 4.69) is 5.32 Å². The number of nitrogens with one attached hydrogen (secondary N) is 1. The maximum Gasteiger partial charge on any atom is 0.408 e. The smallest absolute Gasteiger partial charge is 0.408 e. The Morgan fingerprint density at radius 3 is 2.68 bits per heavy atom. The largest absolute Gasteiger partial charge is 0.444 e. The van der Waals surface area contributed by atoms with Gasteiger partial charge in [0.05, 0.1) is 0 Å². The van der Waals surface area contributed by atoms with E-state index >= 15 is 0 Å². The number of carbonyl (C=O) groups excluding carboxylic acids is 3. The molecule has 1 rings (SSSR count). The summed E-state index contributed by atoms with van der Waals surface area (Å²) in [6.07, 6.45) is 1.63. The topological polar surface area (TPSA) is 75.7 Å². The Balaban J connectivity index is 2.29. The summed E-state index contributed by atoms with van der Waals surface area (Å²) < 4.78 is 5.04. The van der Waals surface area contributed by atoms with Gasteiger partial charge in [-0.25, -0.2) is 4.79 Å². The Labute approximate surface area is 113 Å². The van der Waals surface area contributed by atoms with Crippen molar-refractivity contribution in [1.29, 1.82) is 0 Å². The Morgan fingerprint density at radius 2 is 2.11 bits per heavy atom. The fourth-order valence-corrected chi connectivity index (χ4v) is 1.96. The molecule has 2 amide bonds. The van der Waals surface area contributed by atoms with Crippen LogP contribution in [0, 0.1) is 5.92 Å². The molecule has 1 fully saturated rings. The number of carbonyl (C=O) groups is 3. The number of rotatable bonds is 4. The zero-order chi connectivity index (χ0) is 14.5. The molecule has 0 aromatic rings. The van der Waals surface area contributed by atoms with E-state index < -0.39 is 11.7 Å². The molecular formula is C13H22N2O4. The molecule has 1 saturated heterocycles. The highest BCUT2D eigenvalue weighted by Gasteiger charge is 2.26. The summed E-state index contributed by atoms with van der Waals surface area (Å²) in [5, 5.41) is 2.44. The zero-order valence-electron chi connectivity index (χ0n) is 11.8. The van der Waals surface area contributed by atoms with Gasteiger partial charge in [-0.05, 0) is 33.1 Å². The third-order valence-electron chi connectivity index (χ3n) is 2.85. The first kappa shape index (κ1) is 15.5. The standard InChI is InChI=1S/C13H22N2O4/c1-13(2,3)19-12(18)14-8-11(17)15-6-4-10(9-15)5-7-16/h7,10H,4-6,8-9H2,1-3H3,(H,14,18). The number of likely N-dealkylation sites (tertiary alicyclic amines) is 1. The minimum Gasteiger partial charge on any atom is -0.444 e. The van der Waals surface area contributed by atoms with Gasteiger partial charge < -0.3 is 19.7 Å². The molecule has 6 heteroatoms. The Bertz CT molecular complexity index is 349. The van der Waals surface area contributed by atoms with E-state index in [9.17, 15) is 14.4 Å². The van der Waals surface area contributed by atoms with Crippen molar-refractivity contribution >= 4 is 18.3 Å². The third-order valence-corrected chi connectivity index (χ3v) is 2.85. The lowest BCUT2D eigenvalue weighted by atomic mass is 10.1. The number of nitrogens with zero attached hydrogens (tertiary/aromatic N) is 1. The molecule has 19 heavy (non-hydrogen) atoms. The molecule has 1 aliphatic rings. The Morgan fingerprint density at radius 1 is 1.42 bits per heavy atom. The summed E-state index contributed by atoms with van der Waals surface area (Å²) in [6.45, 7) is 6.46. The number of alkyl carbamates (subject to hydrolysis) is 1. The van der Waals surface area contributed by atoms with Crippen LogP contribution in [0.2, 0.25) is 0 Å². The summed E-state index contributed by atoms with van der Waals surface area (Å²) in [7, 11) is 0. The molecule has 0 bridgehead atoms. The predicted octanol–water partition coefficient (Wildman–Crippen LogP) is 0.949. The average Bonchev–Trinajstić information content (AvgIpc) is 2.73. The van der Waals surface area contributed by atoms with E-state index in [4.69, 9.17) is 4.74 Å². The first-order valence-electron chi connectivity index (χ1n) is 6.50. The summed E-state index contributed by atoms with van der Waals surface area (Å²) in [5.74, 6) is 0.113. The van der Waals surface area contributed by atoms with Crippen LogP contribution in [-0.2, 0) is 14.3 Å². The average molecular weight is 270 g/mol. The van der Waals surface area contributed by atoms with E-state index in [0.29, 0.717) is 19.5 Å². The van der Waals surface area contributed by atoms with Crippen LogP contribution in [0.3, 0.4) is 0 Å². The number of hydrogen-bond acceptors (Lipinski definition) is 4. The highest BCUT2D eigenvalue weighted by Crippen LogP contribution is 2.18. The lowest BCUT2D eigenvalue weighted by Crippen LogP contribution is -2.41. The van der Waals surface area contributed by atoms with Gasteiger partial charge in [-0.2, -0.15) is 0 Å². The second-order valence-electron chi connectivity index (χ2n) is 5.75. The van der Waals surface area contributed by atoms with Gasteiger partial charge in [0.15, 0.2) is 0 Å². The lowest BCUT2D eigenvalue weighted by Gasteiger charge is -2.21. The van der Waals surface area contributed by atoms with E-state index in [1.807, 2.05) is 0 Å². The van der Waals surface area contributed by atoms with Gasteiger partial charge in [0, 0.05) is 19.5 Å². The summed E-state index contributed by atoms with van der Waals surface area (Å²) in [6, 6.07) is 0. The molecule has 0 aromatic carbocycles. The molecule has 1 N–H and O–H groups in total. The quantitative estimate of drug-likeness (QED) is 0.772. The monoisotopic (exact) mass is 270 g/mol. The zero-order valence-corrected chi connectivity index (χ0v) is 11.8. The van der Waals surface area contributed by atoms with Gasteiger partial charge in [0.2, 0.25) is 5.91 Å². The van der Waals surface area contributed by atoms with Crippen LogP contribution >= 0.6 is 0 Å². The summed E-state index contributed by atoms with van der Waals surface area (Å²) >= 11 is 0. The van der Waals surface area contributed by atoms with Crippen LogP contribution in [0.1, 0.15) is 33.6 Å². The van der Waals surface area contributed by atoms with Crippen molar-refractivity contribution in [2.45, 2.75) is 39.2 Å². The molecule has 1 unspecified atom stereocenters. The van der Waals surface area contributed by atoms with Crippen molar-refractivity contribution in [3.63, 3.8) is 0 Å². The molecule has 1 aliphatic heterocycles. The maximum absolute atomic E-state index is 11.8. The van der Waals surface area contributed by atoms with Crippen LogP contribution in [0.15, 0.2) is 0 Å². The van der Waals surface area contributed by atoms with Crippen LogP contribution in [0.4, 0.5) is 4.79 Å². The van der Waals surface area contributed by atoms with Crippen molar-refractivity contribution in [3.05, 3.63) is 0 Å². The van der Waals surface area contributed by atoms with E-state index in [1.165, 1.54) is 0 Å². The van der Waals surface area contributed by atoms with Crippen LogP contribution < -0.4 is 5.32 Å². The molecule has 0 aliphatic carbocycles. The van der Waals surface area contributed by atoms with Crippen molar-refractivity contribution in [2.75, 3.05) is 19.6 Å². The fourth-order valence-electron chi connectivity index (χ4n) is 1.96. The predicted molar refractivity (Wildman–Crippen MR) is 69.6 cm³/mol. The minimum absolute atomic E-state index is 0.0667. The molecule has 0 radical (unpaired) electrons. The summed E-state index contributed by atoms with van der Waals surface area (Å²) in [5.41, 5.74) is -0.574. The molecule has 0 spiro atoms. The van der Waals surface area contributed by atoms with E-state index in [-0.39, 0.29) is 18.4 Å². The maximum atomic E-state index is 11.8. The fraction of sp³-hybridized carbons (Fsp3) is 0.769. The van der Waals surface area contributed by atoms with Gasteiger partial charge in [-0.15, -0.1) is 0 Å². The number of ether oxygens (including phenoxy) is 1. The van der Waals surface area contributed by atoms with E-state index in [1.54, 1.807) is 25.7 Å². The summed E-state index contributed by atoms with van der Waals surface area (Å²) in [4.78, 5) is 35.3. The second kappa shape index (κ2) is 6.54. The van der Waals surface area contributed by atoms with Gasteiger partial charge in [-0.1, -0.05) is 0 Å². The van der Waals surface area contributed by atoms with Crippen molar-refractivity contribution in [2.24, 2.45) is 5.92 Å². The molecule has 1 heterocycles. The van der Waals surface area contributed by atoms with Crippen molar-refractivity contribution < 1.29 is 19.1 Å². The van der Waals surface area contributed by atoms with Crippen molar-refractivity contribution in [1.82, 2.24) is 10.2 Å². The second-order valence-corrected chi connectivity index (χ2v) is 5.75. The van der Waals surface area contributed by atoms with Gasteiger partial charge >= 0.3 is 6.09 Å². The van der Waals surface area contributed by atoms with E-state index in [0.717, 1.165) is 12.7 Å². The highest BCUT2D eigenvalue weighted by molar-refractivity contribution is 5.82. The number of aldehydes is 1. The van der Waals surface area contributed by atoms with Gasteiger partial charge in [0.1, 0.15) is 18.4 Å². The van der Waals surface area contributed by atoms with Gasteiger partial charge in [0.25, 0.3) is 0 Å². The lowest BCUT2D eigenvalue weighted by molar-refractivity contribution is -0.129. The first-order valence-corrected chi connectivity index (χ1v) is 6.50. The number of hydrogen-bond donors (Lipinski definition) is 1. The third kappa shape index (κ3) is 5.72. The molecule has 0 aromatic heterocycles. The normalized spacial score (nSPS) is 19.1. The van der Waals surface area contributed by atoms with Crippen molar-refractivity contribution in [3.8, 4) is 0 Å². The molecular weight excluding hydrogens is 248 g/mol.